The Kier molecular flexibility index (Phi) is 17.4. The smallest absolute Gasteiger partial charge is 0.306 e. The number of carboxylic acids is 1. The third kappa shape index (κ3) is 12.8. The van der Waals surface area contributed by atoms with Crippen LogP contribution in [0, 0.1) is 17.8 Å². The minimum absolute atomic E-state index is 0.0515. The number of nitrogens with one attached hydrogen (secondary N) is 2. The van der Waals surface area contributed by atoms with Crippen LogP contribution in [0.1, 0.15) is 121 Å². The van der Waals surface area contributed by atoms with Crippen molar-refractivity contribution in [2.45, 2.75) is 130 Å². The number of aromatic nitrogens is 1. The highest BCUT2D eigenvalue weighted by Crippen LogP contribution is 2.32. The van der Waals surface area contributed by atoms with E-state index in [1.54, 1.807) is 24.4 Å². The number of nitrogens with zero attached hydrogens (tertiary/aromatic N) is 3. The number of amides is 3. The highest BCUT2D eigenvalue weighted by molar-refractivity contribution is 7.09. The molecule has 54 heavy (non-hydrogen) atoms. The topological polar surface area (TPSA) is 184 Å². The number of hydrogen-bond acceptors (Lipinski definition) is 10. The van der Waals surface area contributed by atoms with Gasteiger partial charge >= 0.3 is 11.9 Å². The second kappa shape index (κ2) is 21.2. The number of likely N-dealkylation sites (tertiary alicyclic amines) is 1. The summed E-state index contributed by atoms with van der Waals surface area (Å²) in [6, 6.07) is 5.31. The van der Waals surface area contributed by atoms with Gasteiger partial charge in [-0.05, 0) is 75.2 Å². The van der Waals surface area contributed by atoms with Gasteiger partial charge in [-0.3, -0.25) is 28.9 Å². The van der Waals surface area contributed by atoms with Crippen molar-refractivity contribution in [2.75, 3.05) is 25.9 Å². The Morgan fingerprint density at radius 2 is 1.74 bits per heavy atom. The summed E-state index contributed by atoms with van der Waals surface area (Å²) in [6.45, 7) is 14.2. The summed E-state index contributed by atoms with van der Waals surface area (Å²) in [6.07, 6.45) is 4.11. The lowest BCUT2D eigenvalue weighted by Gasteiger charge is -2.40. The van der Waals surface area contributed by atoms with Gasteiger partial charge in [0.25, 0.3) is 5.91 Å². The zero-order chi connectivity index (χ0) is 40.1. The minimum Gasteiger partial charge on any atom is -0.481 e. The Balaban J connectivity index is 1.88. The number of ether oxygens (including phenoxy) is 1. The number of hydrogen-bond donors (Lipinski definition) is 4. The Hall–Kier alpha value is -4.04. The molecule has 1 saturated heterocycles. The van der Waals surface area contributed by atoms with E-state index in [1.165, 1.54) is 18.3 Å². The van der Waals surface area contributed by atoms with Crippen LogP contribution in [0.2, 0.25) is 0 Å². The summed E-state index contributed by atoms with van der Waals surface area (Å²) in [4.78, 5) is 74.4. The zero-order valence-electron chi connectivity index (χ0n) is 33.3. The third-order valence-electron chi connectivity index (χ3n) is 10.4. The predicted octanol–water partition coefficient (Wildman–Crippen LogP) is 5.45. The number of carbonyl (C=O) groups excluding carboxylic acids is 4. The van der Waals surface area contributed by atoms with Gasteiger partial charge in [-0.15, -0.1) is 11.3 Å². The van der Waals surface area contributed by atoms with Crippen molar-refractivity contribution < 1.29 is 33.8 Å². The maximum atomic E-state index is 14.6. The number of thiazole rings is 1. The van der Waals surface area contributed by atoms with Crippen LogP contribution in [0.15, 0.2) is 29.6 Å². The SMILES string of the molecule is CCCN(C(=O)[C@@H](NC(=O)C1CCCCN1C)[C@@H](C)CC)[C@H](C[C@@H](OC(C)=O)c1nc(C(=O)N[C@@H](Cc2ccc(N)cc2)C[C@H](C)C(=O)O)cs1)C(C)C. The molecule has 7 atom stereocenters. The molecule has 0 spiro atoms. The Labute approximate surface area is 324 Å². The van der Waals surface area contributed by atoms with Gasteiger partial charge in [-0.1, -0.05) is 66.5 Å². The lowest BCUT2D eigenvalue weighted by Crippen LogP contribution is -2.58. The molecule has 1 aromatic heterocycles. The molecule has 1 fully saturated rings. The van der Waals surface area contributed by atoms with E-state index in [0.717, 1.165) is 31.4 Å². The van der Waals surface area contributed by atoms with Gasteiger partial charge in [0.1, 0.15) is 16.7 Å². The first-order valence-electron chi connectivity index (χ1n) is 19.4. The van der Waals surface area contributed by atoms with Crippen molar-refractivity contribution in [3.63, 3.8) is 0 Å². The van der Waals surface area contributed by atoms with Crippen LogP contribution in [0.5, 0.6) is 0 Å². The predicted molar refractivity (Wildman–Crippen MR) is 211 cm³/mol. The van der Waals surface area contributed by atoms with E-state index < -0.39 is 42.0 Å². The molecule has 0 bridgehead atoms. The summed E-state index contributed by atoms with van der Waals surface area (Å²) >= 11 is 1.18. The number of rotatable bonds is 20. The molecule has 2 heterocycles. The van der Waals surface area contributed by atoms with Gasteiger partial charge in [0.05, 0.1) is 12.0 Å². The summed E-state index contributed by atoms with van der Waals surface area (Å²) in [5, 5.41) is 17.7. The van der Waals surface area contributed by atoms with Gasteiger partial charge in [-0.2, -0.15) is 0 Å². The van der Waals surface area contributed by atoms with Crippen molar-refractivity contribution in [1.82, 2.24) is 25.4 Å². The number of carbonyl (C=O) groups is 5. The second-order valence-electron chi connectivity index (χ2n) is 15.2. The first-order valence-corrected chi connectivity index (χ1v) is 20.3. The summed E-state index contributed by atoms with van der Waals surface area (Å²) in [7, 11) is 1.95. The molecule has 5 N–H and O–H groups in total. The van der Waals surface area contributed by atoms with Crippen LogP contribution in [-0.4, -0.2) is 93.9 Å². The van der Waals surface area contributed by atoms with E-state index in [0.29, 0.717) is 36.5 Å². The molecule has 1 unspecified atom stereocenters. The molecule has 13 nitrogen and oxygen atoms in total. The number of aliphatic carboxylic acids is 1. The first-order chi connectivity index (χ1) is 25.6. The van der Waals surface area contributed by atoms with E-state index in [9.17, 15) is 29.1 Å². The molecule has 1 aromatic carbocycles. The molecule has 1 aliphatic heterocycles. The fraction of sp³-hybridized carbons (Fsp3) is 0.650. The van der Waals surface area contributed by atoms with Crippen LogP contribution >= 0.6 is 11.3 Å². The highest BCUT2D eigenvalue weighted by Gasteiger charge is 2.38. The third-order valence-corrected chi connectivity index (χ3v) is 11.4. The van der Waals surface area contributed by atoms with Crippen molar-refractivity contribution in [3.8, 4) is 0 Å². The molecule has 1 aliphatic rings. The summed E-state index contributed by atoms with van der Waals surface area (Å²) < 4.78 is 5.84. The van der Waals surface area contributed by atoms with Crippen molar-refractivity contribution >= 4 is 46.7 Å². The average molecular weight is 771 g/mol. The molecule has 0 saturated carbocycles. The molecular formula is C40H62N6O7S. The molecule has 3 rings (SSSR count). The quantitative estimate of drug-likeness (QED) is 0.0998. The van der Waals surface area contributed by atoms with Crippen LogP contribution in [0.3, 0.4) is 0 Å². The molecule has 3 amide bonds. The number of esters is 1. The number of likely N-dealkylation sites (N-methyl/N-ethyl adjacent to an activating group) is 1. The van der Waals surface area contributed by atoms with E-state index >= 15 is 0 Å². The maximum absolute atomic E-state index is 14.6. The van der Waals surface area contributed by atoms with Gasteiger partial charge in [0.15, 0.2) is 6.10 Å². The fourth-order valence-corrected chi connectivity index (χ4v) is 7.87. The number of nitrogens with two attached hydrogens (primary N) is 1. The van der Waals surface area contributed by atoms with Crippen LogP contribution in [0.4, 0.5) is 5.69 Å². The van der Waals surface area contributed by atoms with Crippen LogP contribution < -0.4 is 16.4 Å². The molecule has 0 aliphatic carbocycles. The lowest BCUT2D eigenvalue weighted by atomic mass is 9.92. The summed E-state index contributed by atoms with van der Waals surface area (Å²) in [5.74, 6) is -3.13. The van der Waals surface area contributed by atoms with Crippen LogP contribution in [0.25, 0.3) is 0 Å². The second-order valence-corrected chi connectivity index (χ2v) is 16.1. The van der Waals surface area contributed by atoms with Crippen LogP contribution in [-0.2, 0) is 30.3 Å². The molecule has 300 valence electrons. The van der Waals surface area contributed by atoms with Gasteiger partial charge < -0.3 is 31.1 Å². The monoisotopic (exact) mass is 770 g/mol. The largest absolute Gasteiger partial charge is 0.481 e. The maximum Gasteiger partial charge on any atom is 0.306 e. The molecule has 0 radical (unpaired) electrons. The first kappa shape index (κ1) is 44.4. The van der Waals surface area contributed by atoms with Gasteiger partial charge in [-0.25, -0.2) is 4.98 Å². The van der Waals surface area contributed by atoms with Gasteiger partial charge in [0, 0.05) is 43.0 Å². The lowest BCUT2D eigenvalue weighted by molar-refractivity contribution is -0.150. The number of anilines is 1. The van der Waals surface area contributed by atoms with E-state index in [4.69, 9.17) is 10.5 Å². The standard InChI is InChI=1S/C40H62N6O7S/c1-9-18-46(39(50)35(25(5)10-2)44-37(49)32-13-11-12-19-45(32)8)33(24(3)4)22-34(53-27(7)47)38-43-31(23-54-38)36(48)42-30(20-26(6)40(51)52)21-28-14-16-29(41)17-15-28/h14-17,23-26,30,32-35H,9-13,18-22,41H2,1-8H3,(H,42,48)(H,44,49)(H,51,52)/t25-,26-,30+,32?,33+,34+,35-/m0/s1. The van der Waals surface area contributed by atoms with Crippen molar-refractivity contribution in [3.05, 3.63) is 45.9 Å². The number of piperidine rings is 1. The van der Waals surface area contributed by atoms with E-state index in [1.807, 2.05) is 58.7 Å². The Bertz CT molecular complexity index is 1550. The van der Waals surface area contributed by atoms with Crippen molar-refractivity contribution in [2.24, 2.45) is 17.8 Å². The Morgan fingerprint density at radius 1 is 1.06 bits per heavy atom. The zero-order valence-corrected chi connectivity index (χ0v) is 34.1. The fourth-order valence-electron chi connectivity index (χ4n) is 7.03. The normalized spacial score (nSPS) is 18.1. The minimum atomic E-state index is -0.961. The Morgan fingerprint density at radius 3 is 2.31 bits per heavy atom. The average Bonchev–Trinajstić information content (AvgIpc) is 3.62. The van der Waals surface area contributed by atoms with E-state index in [-0.39, 0.29) is 54.3 Å². The summed E-state index contributed by atoms with van der Waals surface area (Å²) in [5.41, 5.74) is 7.45. The number of nitrogen functional groups attached to an aromatic ring is 1. The van der Waals surface area contributed by atoms with Crippen molar-refractivity contribution in [1.29, 1.82) is 0 Å². The molecule has 2 aromatic rings. The molecular weight excluding hydrogens is 709 g/mol. The number of carboxylic acid groups (broad SMARTS) is 1. The highest BCUT2D eigenvalue weighted by atomic mass is 32.1. The van der Waals surface area contributed by atoms with E-state index in [2.05, 4.69) is 20.5 Å². The number of benzene rings is 1. The molecule has 14 heteroatoms. The van der Waals surface area contributed by atoms with Gasteiger partial charge in [0.2, 0.25) is 11.8 Å².